The first-order valence-electron chi connectivity index (χ1n) is 5.55. The average molecular weight is 318 g/mol. The van der Waals surface area contributed by atoms with Gasteiger partial charge >= 0.3 is 0 Å². The van der Waals surface area contributed by atoms with Gasteiger partial charge in [-0.2, -0.15) is 0 Å². The largest absolute Gasteiger partial charge is 0.325 e. The van der Waals surface area contributed by atoms with E-state index in [1.807, 2.05) is 12.1 Å². The Morgan fingerprint density at radius 1 is 1.53 bits per heavy atom. The molecule has 1 aliphatic heterocycles. The molecule has 2 rings (SSSR count). The van der Waals surface area contributed by atoms with Crippen LogP contribution in [0.4, 0.5) is 5.69 Å². The highest BCUT2D eigenvalue weighted by Crippen LogP contribution is 2.30. The molecule has 92 valence electrons. The van der Waals surface area contributed by atoms with Gasteiger partial charge in [0.2, 0.25) is 5.91 Å². The van der Waals surface area contributed by atoms with E-state index in [1.165, 1.54) is 0 Å². The fourth-order valence-electron chi connectivity index (χ4n) is 1.99. The van der Waals surface area contributed by atoms with E-state index in [0.29, 0.717) is 10.9 Å². The summed E-state index contributed by atoms with van der Waals surface area (Å²) in [6.45, 7) is 3.72. The van der Waals surface area contributed by atoms with Gasteiger partial charge in [-0.15, -0.1) is 0 Å². The molecule has 2 N–H and O–H groups in total. The molecule has 5 heteroatoms. The van der Waals surface area contributed by atoms with Crippen LogP contribution in [0.2, 0.25) is 5.02 Å². The van der Waals surface area contributed by atoms with Crippen LogP contribution in [0.5, 0.6) is 0 Å². The first kappa shape index (κ1) is 12.9. The average Bonchev–Trinajstić information content (AvgIpc) is 2.71. The highest BCUT2D eigenvalue weighted by Gasteiger charge is 2.29. The maximum absolute atomic E-state index is 12.1. The predicted molar refractivity (Wildman–Crippen MR) is 73.3 cm³/mol. The molecule has 1 aromatic carbocycles. The molecule has 0 spiro atoms. The summed E-state index contributed by atoms with van der Waals surface area (Å²) in [7, 11) is 0. The van der Waals surface area contributed by atoms with Crippen molar-refractivity contribution in [1.82, 2.24) is 5.32 Å². The van der Waals surface area contributed by atoms with Crippen molar-refractivity contribution in [3.63, 3.8) is 0 Å². The number of anilines is 1. The third kappa shape index (κ3) is 2.81. The standard InChI is InChI=1S/C12H14BrClN2O/c1-7-5-15-6-8(7)12(17)16-10-4-2-3-9(14)11(10)13/h2-4,7-8,15H,5-6H2,1H3,(H,16,17). The third-order valence-corrected chi connectivity index (χ3v) is 4.46. The molecule has 1 saturated heterocycles. The molecule has 0 radical (unpaired) electrons. The molecule has 0 saturated carbocycles. The highest BCUT2D eigenvalue weighted by atomic mass is 79.9. The van der Waals surface area contributed by atoms with E-state index in [4.69, 9.17) is 11.6 Å². The summed E-state index contributed by atoms with van der Waals surface area (Å²) < 4.78 is 0.730. The lowest BCUT2D eigenvalue weighted by molar-refractivity contribution is -0.120. The Morgan fingerprint density at radius 2 is 2.29 bits per heavy atom. The number of hydrogen-bond donors (Lipinski definition) is 2. The lowest BCUT2D eigenvalue weighted by Crippen LogP contribution is -2.27. The Bertz CT molecular complexity index is 439. The van der Waals surface area contributed by atoms with Gasteiger partial charge in [-0.25, -0.2) is 0 Å². The highest BCUT2D eigenvalue weighted by molar-refractivity contribution is 9.10. The van der Waals surface area contributed by atoms with Gasteiger partial charge in [0.05, 0.1) is 21.1 Å². The number of nitrogens with one attached hydrogen (secondary N) is 2. The Balaban J connectivity index is 2.10. The van der Waals surface area contributed by atoms with E-state index in [0.717, 1.165) is 23.2 Å². The number of rotatable bonds is 2. The van der Waals surface area contributed by atoms with E-state index in [9.17, 15) is 4.79 Å². The molecule has 2 unspecified atom stereocenters. The normalized spacial score (nSPS) is 23.7. The van der Waals surface area contributed by atoms with Gasteiger partial charge in [0.15, 0.2) is 0 Å². The summed E-state index contributed by atoms with van der Waals surface area (Å²) in [5.74, 6) is 0.444. The molecule has 1 heterocycles. The van der Waals surface area contributed by atoms with E-state index in [2.05, 4.69) is 33.5 Å². The second kappa shape index (κ2) is 5.38. The van der Waals surface area contributed by atoms with E-state index in [-0.39, 0.29) is 11.8 Å². The summed E-state index contributed by atoms with van der Waals surface area (Å²) in [4.78, 5) is 12.1. The number of hydrogen-bond acceptors (Lipinski definition) is 2. The van der Waals surface area contributed by atoms with Gasteiger partial charge in [-0.3, -0.25) is 4.79 Å². The van der Waals surface area contributed by atoms with Crippen LogP contribution >= 0.6 is 27.5 Å². The fraction of sp³-hybridized carbons (Fsp3) is 0.417. The van der Waals surface area contributed by atoms with Gasteiger partial charge in [0, 0.05) is 6.54 Å². The number of carbonyl (C=O) groups is 1. The molecular formula is C12H14BrClN2O. The van der Waals surface area contributed by atoms with Crippen molar-refractivity contribution >= 4 is 39.1 Å². The summed E-state index contributed by atoms with van der Waals surface area (Å²) in [5, 5.41) is 6.73. The Labute approximate surface area is 114 Å². The van der Waals surface area contributed by atoms with Crippen molar-refractivity contribution in [2.45, 2.75) is 6.92 Å². The van der Waals surface area contributed by atoms with Crippen LogP contribution in [0, 0.1) is 11.8 Å². The zero-order chi connectivity index (χ0) is 12.4. The van der Waals surface area contributed by atoms with E-state index in [1.54, 1.807) is 6.07 Å². The molecule has 0 aromatic heterocycles. The van der Waals surface area contributed by atoms with Crippen molar-refractivity contribution in [1.29, 1.82) is 0 Å². The molecule has 1 fully saturated rings. The minimum Gasteiger partial charge on any atom is -0.325 e. The minimum absolute atomic E-state index is 0.0286. The molecule has 1 aromatic rings. The molecule has 0 aliphatic carbocycles. The second-order valence-electron chi connectivity index (χ2n) is 4.33. The Hall–Kier alpha value is -0.580. The van der Waals surface area contributed by atoms with Crippen LogP contribution in [-0.2, 0) is 4.79 Å². The van der Waals surface area contributed by atoms with Gasteiger partial charge in [0.25, 0.3) is 0 Å². The number of benzene rings is 1. The third-order valence-electron chi connectivity index (χ3n) is 3.06. The zero-order valence-electron chi connectivity index (χ0n) is 9.47. The smallest absolute Gasteiger partial charge is 0.229 e. The minimum atomic E-state index is 0.0286. The van der Waals surface area contributed by atoms with Gasteiger partial charge in [0.1, 0.15) is 0 Å². The van der Waals surface area contributed by atoms with Crippen molar-refractivity contribution in [2.24, 2.45) is 11.8 Å². The molecule has 1 aliphatic rings. The van der Waals surface area contributed by atoms with Crippen molar-refractivity contribution in [3.8, 4) is 0 Å². The molecular weight excluding hydrogens is 304 g/mol. The lowest BCUT2D eigenvalue weighted by Gasteiger charge is -2.15. The fourth-order valence-corrected chi connectivity index (χ4v) is 2.52. The Morgan fingerprint density at radius 3 is 2.94 bits per heavy atom. The maximum atomic E-state index is 12.1. The number of amides is 1. The number of halogens is 2. The van der Waals surface area contributed by atoms with Gasteiger partial charge < -0.3 is 10.6 Å². The van der Waals surface area contributed by atoms with Crippen molar-refractivity contribution in [2.75, 3.05) is 18.4 Å². The summed E-state index contributed by atoms with van der Waals surface area (Å²) >= 11 is 9.35. The summed E-state index contributed by atoms with van der Waals surface area (Å²) in [6, 6.07) is 5.43. The monoisotopic (exact) mass is 316 g/mol. The van der Waals surface area contributed by atoms with Crippen LogP contribution in [0.1, 0.15) is 6.92 Å². The predicted octanol–water partition coefficient (Wildman–Crippen LogP) is 2.90. The molecule has 3 nitrogen and oxygen atoms in total. The molecule has 1 amide bonds. The quantitative estimate of drug-likeness (QED) is 0.880. The number of carbonyl (C=O) groups excluding carboxylic acids is 1. The summed E-state index contributed by atoms with van der Waals surface area (Å²) in [5.41, 5.74) is 0.724. The van der Waals surface area contributed by atoms with Crippen molar-refractivity contribution in [3.05, 3.63) is 27.7 Å². The van der Waals surface area contributed by atoms with Crippen LogP contribution in [-0.4, -0.2) is 19.0 Å². The topological polar surface area (TPSA) is 41.1 Å². The Kier molecular flexibility index (Phi) is 4.07. The lowest BCUT2D eigenvalue weighted by atomic mass is 9.97. The van der Waals surface area contributed by atoms with E-state index >= 15 is 0 Å². The van der Waals surface area contributed by atoms with Crippen LogP contribution in [0.15, 0.2) is 22.7 Å². The second-order valence-corrected chi connectivity index (χ2v) is 5.53. The first-order chi connectivity index (χ1) is 8.09. The van der Waals surface area contributed by atoms with Crippen LogP contribution < -0.4 is 10.6 Å². The van der Waals surface area contributed by atoms with Crippen molar-refractivity contribution < 1.29 is 4.79 Å². The molecule has 17 heavy (non-hydrogen) atoms. The molecule has 0 bridgehead atoms. The summed E-state index contributed by atoms with van der Waals surface area (Å²) in [6.07, 6.45) is 0. The first-order valence-corrected chi connectivity index (χ1v) is 6.72. The van der Waals surface area contributed by atoms with Gasteiger partial charge in [-0.05, 0) is 40.5 Å². The SMILES string of the molecule is CC1CNCC1C(=O)Nc1cccc(Cl)c1Br. The van der Waals surface area contributed by atoms with Gasteiger partial charge in [-0.1, -0.05) is 24.6 Å². The van der Waals surface area contributed by atoms with Crippen LogP contribution in [0.3, 0.4) is 0 Å². The molecule has 2 atom stereocenters. The van der Waals surface area contributed by atoms with Crippen LogP contribution in [0.25, 0.3) is 0 Å². The zero-order valence-corrected chi connectivity index (χ0v) is 11.8. The van der Waals surface area contributed by atoms with E-state index < -0.39 is 0 Å². The maximum Gasteiger partial charge on any atom is 0.229 e.